The molecule has 0 aliphatic heterocycles. The molecule has 0 aliphatic carbocycles. The number of carbonyl (C=O) groups is 1. The van der Waals surface area contributed by atoms with Gasteiger partial charge in [0.25, 0.3) is 0 Å². The van der Waals surface area contributed by atoms with Crippen LogP contribution in [-0.2, 0) is 11.4 Å². The van der Waals surface area contributed by atoms with Gasteiger partial charge in [-0.1, -0.05) is 35.3 Å². The van der Waals surface area contributed by atoms with E-state index in [1.807, 2.05) is 30.3 Å². The summed E-state index contributed by atoms with van der Waals surface area (Å²) >= 11 is 12.4. The second kappa shape index (κ2) is 12.4. The normalized spacial score (nSPS) is 10.9. The number of rotatable bonds is 10. The number of hydrogen-bond donors (Lipinski definition) is 1. The molecule has 5 nitrogen and oxygen atoms in total. The summed E-state index contributed by atoms with van der Waals surface area (Å²) in [6, 6.07) is 18.6. The molecule has 7 heteroatoms. The van der Waals surface area contributed by atoms with E-state index in [-0.39, 0.29) is 12.5 Å². The minimum Gasteiger partial charge on any atom is -0.493 e. The predicted molar refractivity (Wildman–Crippen MR) is 141 cm³/mol. The number of anilines is 2. The summed E-state index contributed by atoms with van der Waals surface area (Å²) in [6.45, 7) is 6.32. The molecule has 3 aromatic carbocycles. The van der Waals surface area contributed by atoms with E-state index >= 15 is 0 Å². The van der Waals surface area contributed by atoms with E-state index in [1.54, 1.807) is 43.5 Å². The Morgan fingerprint density at radius 2 is 1.65 bits per heavy atom. The highest BCUT2D eigenvalue weighted by atomic mass is 35.5. The van der Waals surface area contributed by atoms with Gasteiger partial charge in [0.1, 0.15) is 6.61 Å². The lowest BCUT2D eigenvalue weighted by atomic mass is 10.2. The molecule has 0 unspecified atom stereocenters. The highest BCUT2D eigenvalue weighted by Gasteiger charge is 2.10. The average Bonchev–Trinajstić information content (AvgIpc) is 2.84. The van der Waals surface area contributed by atoms with Gasteiger partial charge in [-0.3, -0.25) is 4.79 Å². The summed E-state index contributed by atoms with van der Waals surface area (Å²) in [7, 11) is 1.56. The van der Waals surface area contributed by atoms with E-state index in [0.717, 1.165) is 30.0 Å². The van der Waals surface area contributed by atoms with Crippen LogP contribution in [-0.4, -0.2) is 26.1 Å². The van der Waals surface area contributed by atoms with Crippen molar-refractivity contribution >= 4 is 46.6 Å². The van der Waals surface area contributed by atoms with Crippen molar-refractivity contribution in [1.29, 1.82) is 0 Å². The number of benzene rings is 3. The number of halogens is 2. The molecule has 0 heterocycles. The summed E-state index contributed by atoms with van der Waals surface area (Å²) in [5.74, 6) is 0.870. The highest BCUT2D eigenvalue weighted by Crippen LogP contribution is 2.31. The first kappa shape index (κ1) is 25.5. The fourth-order valence-electron chi connectivity index (χ4n) is 3.43. The van der Waals surface area contributed by atoms with E-state index in [4.69, 9.17) is 32.7 Å². The zero-order valence-corrected chi connectivity index (χ0v) is 21.0. The lowest BCUT2D eigenvalue weighted by molar-refractivity contribution is -0.111. The molecule has 1 amide bonds. The zero-order valence-electron chi connectivity index (χ0n) is 19.5. The van der Waals surface area contributed by atoms with E-state index in [2.05, 4.69) is 24.1 Å². The molecule has 0 aromatic heterocycles. The van der Waals surface area contributed by atoms with Crippen LogP contribution in [0.2, 0.25) is 10.0 Å². The number of ether oxygens (including phenoxy) is 2. The summed E-state index contributed by atoms with van der Waals surface area (Å²) in [6.07, 6.45) is 3.20. The van der Waals surface area contributed by atoms with Crippen LogP contribution in [0.15, 0.2) is 66.7 Å². The molecular formula is C27H28Cl2N2O3. The molecule has 0 atom stereocenters. The number of hydrogen-bond acceptors (Lipinski definition) is 4. The molecular weight excluding hydrogens is 471 g/mol. The van der Waals surface area contributed by atoms with Gasteiger partial charge in [0, 0.05) is 46.1 Å². The number of nitrogens with zero attached hydrogens (tertiary/aromatic N) is 1. The standard InChI is InChI=1S/C27H28Cl2N2O3/c1-4-31(5-2)21-13-11-20(12-14-21)30-27(32)16-10-19-9-15-25(26(17-19)33-3)34-18-22-23(28)7-6-8-24(22)29/h6-17H,4-5,18H2,1-3H3,(H,30,32)/b16-10+. The Balaban J connectivity index is 1.62. The Bertz CT molecular complexity index is 1120. The molecule has 3 aromatic rings. The second-order valence-electron chi connectivity index (χ2n) is 7.44. The first-order chi connectivity index (χ1) is 16.4. The third-order valence-electron chi connectivity index (χ3n) is 5.31. The molecule has 0 bridgehead atoms. The Labute approximate surface area is 210 Å². The van der Waals surface area contributed by atoms with Crippen molar-refractivity contribution in [3.05, 3.63) is 87.9 Å². The Hall–Kier alpha value is -3.15. The summed E-state index contributed by atoms with van der Waals surface area (Å²) < 4.78 is 11.3. The van der Waals surface area contributed by atoms with E-state index in [9.17, 15) is 4.79 Å². The molecule has 0 aliphatic rings. The first-order valence-electron chi connectivity index (χ1n) is 11.0. The van der Waals surface area contributed by atoms with Gasteiger partial charge >= 0.3 is 0 Å². The van der Waals surface area contributed by atoms with Crippen LogP contribution >= 0.6 is 23.2 Å². The molecule has 0 spiro atoms. The molecule has 34 heavy (non-hydrogen) atoms. The van der Waals surface area contributed by atoms with Crippen LogP contribution in [0.5, 0.6) is 11.5 Å². The molecule has 0 saturated heterocycles. The van der Waals surface area contributed by atoms with Crippen molar-refractivity contribution in [3.8, 4) is 11.5 Å². The Morgan fingerprint density at radius 3 is 2.26 bits per heavy atom. The summed E-state index contributed by atoms with van der Waals surface area (Å²) in [4.78, 5) is 14.6. The van der Waals surface area contributed by atoms with Crippen LogP contribution in [0.25, 0.3) is 6.08 Å². The average molecular weight is 499 g/mol. The van der Waals surface area contributed by atoms with Crippen LogP contribution in [0.3, 0.4) is 0 Å². The van der Waals surface area contributed by atoms with Gasteiger partial charge in [-0.25, -0.2) is 0 Å². The maximum Gasteiger partial charge on any atom is 0.248 e. The fourth-order valence-corrected chi connectivity index (χ4v) is 3.93. The molecule has 178 valence electrons. The summed E-state index contributed by atoms with van der Waals surface area (Å²) in [5.41, 5.74) is 3.38. The molecule has 1 N–H and O–H groups in total. The monoisotopic (exact) mass is 498 g/mol. The highest BCUT2D eigenvalue weighted by molar-refractivity contribution is 6.35. The van der Waals surface area contributed by atoms with Crippen LogP contribution in [0.1, 0.15) is 25.0 Å². The van der Waals surface area contributed by atoms with Gasteiger partial charge in [-0.05, 0) is 74.0 Å². The maximum absolute atomic E-state index is 12.4. The first-order valence-corrected chi connectivity index (χ1v) is 11.8. The predicted octanol–water partition coefficient (Wildman–Crippen LogP) is 7.08. The van der Waals surface area contributed by atoms with Gasteiger partial charge < -0.3 is 19.7 Å². The van der Waals surface area contributed by atoms with Crippen molar-refractivity contribution in [1.82, 2.24) is 0 Å². The van der Waals surface area contributed by atoms with Crippen LogP contribution < -0.4 is 19.7 Å². The third kappa shape index (κ3) is 6.69. The van der Waals surface area contributed by atoms with Gasteiger partial charge in [0.05, 0.1) is 7.11 Å². The van der Waals surface area contributed by atoms with Crippen molar-refractivity contribution in [3.63, 3.8) is 0 Å². The minimum absolute atomic E-state index is 0.208. The molecule has 3 rings (SSSR count). The van der Waals surface area contributed by atoms with Crippen molar-refractivity contribution in [2.24, 2.45) is 0 Å². The van der Waals surface area contributed by atoms with E-state index < -0.39 is 0 Å². The van der Waals surface area contributed by atoms with Crippen molar-refractivity contribution in [2.75, 3.05) is 30.4 Å². The smallest absolute Gasteiger partial charge is 0.248 e. The van der Waals surface area contributed by atoms with Gasteiger partial charge in [-0.15, -0.1) is 0 Å². The molecule has 0 radical (unpaired) electrons. The number of methoxy groups -OCH3 is 1. The topological polar surface area (TPSA) is 50.8 Å². The minimum atomic E-state index is -0.219. The van der Waals surface area contributed by atoms with E-state index in [0.29, 0.717) is 27.1 Å². The number of nitrogens with one attached hydrogen (secondary N) is 1. The number of amides is 1. The second-order valence-corrected chi connectivity index (χ2v) is 8.26. The quantitative estimate of drug-likeness (QED) is 0.303. The van der Waals surface area contributed by atoms with Gasteiger partial charge in [-0.2, -0.15) is 0 Å². The maximum atomic E-state index is 12.4. The van der Waals surface area contributed by atoms with Crippen molar-refractivity contribution < 1.29 is 14.3 Å². The van der Waals surface area contributed by atoms with Gasteiger partial charge in [0.15, 0.2) is 11.5 Å². The SMILES string of the molecule is CCN(CC)c1ccc(NC(=O)/C=C/c2ccc(OCc3c(Cl)cccc3Cl)c(OC)c2)cc1. The van der Waals surface area contributed by atoms with Crippen molar-refractivity contribution in [2.45, 2.75) is 20.5 Å². The lowest BCUT2D eigenvalue weighted by Gasteiger charge is -2.21. The molecule has 0 saturated carbocycles. The largest absolute Gasteiger partial charge is 0.493 e. The van der Waals surface area contributed by atoms with Crippen LogP contribution in [0, 0.1) is 0 Å². The summed E-state index contributed by atoms with van der Waals surface area (Å²) in [5, 5.41) is 3.96. The third-order valence-corrected chi connectivity index (χ3v) is 6.02. The molecule has 0 fully saturated rings. The fraction of sp³-hybridized carbons (Fsp3) is 0.222. The van der Waals surface area contributed by atoms with Crippen LogP contribution in [0.4, 0.5) is 11.4 Å². The number of carbonyl (C=O) groups excluding carboxylic acids is 1. The Kier molecular flexibility index (Phi) is 9.25. The Morgan fingerprint density at radius 1 is 0.971 bits per heavy atom. The van der Waals surface area contributed by atoms with E-state index in [1.165, 1.54) is 6.08 Å². The van der Waals surface area contributed by atoms with Gasteiger partial charge in [0.2, 0.25) is 5.91 Å². The zero-order chi connectivity index (χ0) is 24.5. The lowest BCUT2D eigenvalue weighted by Crippen LogP contribution is -2.21.